The van der Waals surface area contributed by atoms with Crippen molar-refractivity contribution in [2.75, 3.05) is 5.73 Å². The Hall–Kier alpha value is -2.46. The minimum atomic E-state index is 0.330. The van der Waals surface area contributed by atoms with Crippen LogP contribution in [0.15, 0.2) is 12.5 Å². The molecule has 0 atom stereocenters. The summed E-state index contributed by atoms with van der Waals surface area (Å²) in [7, 11) is 0. The second-order valence-electron chi connectivity index (χ2n) is 5.41. The summed E-state index contributed by atoms with van der Waals surface area (Å²) in [5, 5.41) is 14.4. The molecule has 0 aliphatic heterocycles. The summed E-state index contributed by atoms with van der Waals surface area (Å²) in [6.45, 7) is 0. The molecule has 0 unspecified atom stereocenters. The molecule has 3 heterocycles. The first-order valence-electron chi connectivity index (χ1n) is 7.29. The van der Waals surface area contributed by atoms with E-state index in [9.17, 15) is 0 Å². The summed E-state index contributed by atoms with van der Waals surface area (Å²) < 4.78 is 1.56. The van der Waals surface area contributed by atoms with Gasteiger partial charge in [0.2, 0.25) is 0 Å². The van der Waals surface area contributed by atoms with Crippen LogP contribution in [0.4, 0.5) is 5.82 Å². The monoisotopic (exact) mass is 310 g/mol. The van der Waals surface area contributed by atoms with Crippen molar-refractivity contribution >= 4 is 27.4 Å². The van der Waals surface area contributed by atoms with Crippen LogP contribution in [0, 0.1) is 11.3 Å². The largest absolute Gasteiger partial charge is 0.382 e. The summed E-state index contributed by atoms with van der Waals surface area (Å²) in [4.78, 5) is 11.2. The van der Waals surface area contributed by atoms with Gasteiger partial charge in [0.25, 0.3) is 0 Å². The number of nitrogen functional groups attached to an aromatic ring is 1. The maximum absolute atomic E-state index is 9.07. The van der Waals surface area contributed by atoms with Gasteiger partial charge in [0.15, 0.2) is 5.82 Å². The van der Waals surface area contributed by atoms with Gasteiger partial charge in [0.1, 0.15) is 28.6 Å². The van der Waals surface area contributed by atoms with E-state index < -0.39 is 0 Å². The van der Waals surface area contributed by atoms with Gasteiger partial charge in [-0.05, 0) is 31.2 Å². The number of hydrogen-bond acceptors (Lipinski definition) is 6. The van der Waals surface area contributed by atoms with Gasteiger partial charge in [-0.2, -0.15) is 15.0 Å². The molecule has 0 amide bonds. The topological polar surface area (TPSA) is 93.4 Å². The molecule has 0 spiro atoms. The third-order valence-corrected chi connectivity index (χ3v) is 5.31. The molecule has 0 aromatic carbocycles. The number of nitrogens with two attached hydrogens (primary N) is 1. The van der Waals surface area contributed by atoms with Crippen molar-refractivity contribution in [2.45, 2.75) is 32.1 Å². The molecule has 1 aliphatic rings. The maximum atomic E-state index is 9.07. The van der Waals surface area contributed by atoms with Gasteiger partial charge in [-0.1, -0.05) is 6.42 Å². The van der Waals surface area contributed by atoms with Crippen molar-refractivity contribution in [2.24, 2.45) is 0 Å². The van der Waals surface area contributed by atoms with Gasteiger partial charge in [-0.3, -0.25) is 0 Å². The predicted molar refractivity (Wildman–Crippen MR) is 84.9 cm³/mol. The van der Waals surface area contributed by atoms with Crippen LogP contribution in [-0.4, -0.2) is 19.7 Å². The Morgan fingerprint density at radius 1 is 1.23 bits per heavy atom. The average Bonchev–Trinajstić information content (AvgIpc) is 2.99. The van der Waals surface area contributed by atoms with E-state index in [1.54, 1.807) is 22.3 Å². The van der Waals surface area contributed by atoms with Crippen molar-refractivity contribution in [1.29, 1.82) is 5.26 Å². The third kappa shape index (κ3) is 1.88. The van der Waals surface area contributed by atoms with Crippen LogP contribution >= 0.6 is 11.3 Å². The molecule has 4 rings (SSSR count). The normalized spacial score (nSPS) is 14.5. The standard InChI is InChI=1S/C15H14N6S/c16-6-9-7-20-21(13(9)17)14-12-10-4-2-1-3-5-11(10)22-15(12)19-8-18-14/h7-8H,1-5,17H2. The van der Waals surface area contributed by atoms with Crippen LogP contribution in [0.3, 0.4) is 0 Å². The van der Waals surface area contributed by atoms with E-state index in [0.717, 1.165) is 23.1 Å². The molecule has 22 heavy (non-hydrogen) atoms. The highest BCUT2D eigenvalue weighted by atomic mass is 32.1. The molecule has 0 saturated heterocycles. The third-order valence-electron chi connectivity index (χ3n) is 4.11. The van der Waals surface area contributed by atoms with E-state index in [1.807, 2.05) is 0 Å². The highest BCUT2D eigenvalue weighted by Crippen LogP contribution is 2.37. The quantitative estimate of drug-likeness (QED) is 0.697. The number of fused-ring (bicyclic) bond motifs is 3. The Labute approximate surface area is 131 Å². The smallest absolute Gasteiger partial charge is 0.168 e. The number of nitriles is 1. The molecular weight excluding hydrogens is 296 g/mol. The number of thiophene rings is 1. The number of rotatable bonds is 1. The molecule has 0 bridgehead atoms. The second-order valence-corrected chi connectivity index (χ2v) is 6.49. The van der Waals surface area contributed by atoms with Gasteiger partial charge in [0, 0.05) is 4.88 Å². The van der Waals surface area contributed by atoms with Crippen LogP contribution in [0.25, 0.3) is 16.0 Å². The van der Waals surface area contributed by atoms with Crippen molar-refractivity contribution in [1.82, 2.24) is 19.7 Å². The number of aromatic nitrogens is 4. The Bertz CT molecular complexity index is 901. The zero-order chi connectivity index (χ0) is 15.1. The van der Waals surface area contributed by atoms with Gasteiger partial charge < -0.3 is 5.73 Å². The van der Waals surface area contributed by atoms with Gasteiger partial charge in [0.05, 0.1) is 11.6 Å². The van der Waals surface area contributed by atoms with Gasteiger partial charge >= 0.3 is 0 Å². The first-order valence-corrected chi connectivity index (χ1v) is 8.10. The summed E-state index contributed by atoms with van der Waals surface area (Å²) in [5.74, 6) is 1.01. The Morgan fingerprint density at radius 2 is 2.09 bits per heavy atom. The number of hydrogen-bond donors (Lipinski definition) is 1. The molecular formula is C15H14N6S. The highest BCUT2D eigenvalue weighted by molar-refractivity contribution is 7.18. The average molecular weight is 310 g/mol. The Balaban J connectivity index is 2.00. The number of aryl methyl sites for hydroxylation is 2. The van der Waals surface area contributed by atoms with Crippen molar-refractivity contribution in [3.05, 3.63) is 28.5 Å². The SMILES string of the molecule is N#Cc1cnn(-c2ncnc3sc4c(c23)CCCCC4)c1N. The van der Waals surface area contributed by atoms with E-state index in [-0.39, 0.29) is 0 Å². The molecule has 0 radical (unpaired) electrons. The molecule has 3 aromatic heterocycles. The fourth-order valence-electron chi connectivity index (χ4n) is 3.02. The van der Waals surface area contributed by atoms with E-state index in [2.05, 4.69) is 21.1 Å². The van der Waals surface area contributed by atoms with E-state index in [0.29, 0.717) is 17.2 Å². The van der Waals surface area contributed by atoms with Crippen molar-refractivity contribution < 1.29 is 0 Å². The van der Waals surface area contributed by atoms with Gasteiger partial charge in [-0.15, -0.1) is 11.3 Å². The molecule has 0 fully saturated rings. The summed E-state index contributed by atoms with van der Waals surface area (Å²) in [6.07, 6.45) is 8.84. The summed E-state index contributed by atoms with van der Waals surface area (Å²) in [5.41, 5.74) is 7.74. The highest BCUT2D eigenvalue weighted by Gasteiger charge is 2.21. The van der Waals surface area contributed by atoms with E-state index in [1.165, 1.54) is 35.9 Å². The van der Waals surface area contributed by atoms with Gasteiger partial charge in [-0.25, -0.2) is 9.97 Å². The lowest BCUT2D eigenvalue weighted by atomic mass is 10.1. The molecule has 7 heteroatoms. The van der Waals surface area contributed by atoms with E-state index >= 15 is 0 Å². The lowest BCUT2D eigenvalue weighted by Crippen LogP contribution is -2.06. The zero-order valence-corrected chi connectivity index (χ0v) is 12.7. The Morgan fingerprint density at radius 3 is 2.91 bits per heavy atom. The minimum Gasteiger partial charge on any atom is -0.382 e. The van der Waals surface area contributed by atoms with Crippen LogP contribution < -0.4 is 5.73 Å². The Kier molecular flexibility index (Phi) is 3.05. The summed E-state index contributed by atoms with van der Waals surface area (Å²) >= 11 is 1.74. The van der Waals surface area contributed by atoms with Crippen LogP contribution in [0.5, 0.6) is 0 Å². The van der Waals surface area contributed by atoms with E-state index in [4.69, 9.17) is 11.0 Å². The molecule has 6 nitrogen and oxygen atoms in total. The number of anilines is 1. The second kappa shape index (κ2) is 5.07. The van der Waals surface area contributed by atoms with Crippen LogP contribution in [-0.2, 0) is 12.8 Å². The first kappa shape index (κ1) is 13.2. The molecule has 1 aliphatic carbocycles. The molecule has 0 saturated carbocycles. The lowest BCUT2D eigenvalue weighted by molar-refractivity contribution is 0.713. The van der Waals surface area contributed by atoms with Crippen LogP contribution in [0.1, 0.15) is 35.3 Å². The maximum Gasteiger partial charge on any atom is 0.168 e. The fraction of sp³-hybridized carbons (Fsp3) is 0.333. The minimum absolute atomic E-state index is 0.330. The molecule has 3 aromatic rings. The number of nitrogens with zero attached hydrogens (tertiary/aromatic N) is 5. The predicted octanol–water partition coefficient (Wildman–Crippen LogP) is 2.60. The molecule has 2 N–H and O–H groups in total. The van der Waals surface area contributed by atoms with Crippen molar-refractivity contribution in [3.63, 3.8) is 0 Å². The zero-order valence-electron chi connectivity index (χ0n) is 11.9. The fourth-order valence-corrected chi connectivity index (χ4v) is 4.25. The summed E-state index contributed by atoms with van der Waals surface area (Å²) in [6, 6.07) is 2.05. The molecule has 110 valence electrons. The van der Waals surface area contributed by atoms with Crippen molar-refractivity contribution in [3.8, 4) is 11.9 Å². The first-order chi connectivity index (χ1) is 10.8. The van der Waals surface area contributed by atoms with Crippen LogP contribution in [0.2, 0.25) is 0 Å². The lowest BCUT2D eigenvalue weighted by Gasteiger charge is -2.06.